The van der Waals surface area contributed by atoms with Crippen molar-refractivity contribution in [2.45, 2.75) is 25.8 Å². The Labute approximate surface area is 149 Å². The summed E-state index contributed by atoms with van der Waals surface area (Å²) < 4.78 is 11.0. The van der Waals surface area contributed by atoms with E-state index in [1.54, 1.807) is 7.11 Å². The van der Waals surface area contributed by atoms with Gasteiger partial charge in [0.25, 0.3) is 5.91 Å². The van der Waals surface area contributed by atoms with Gasteiger partial charge >= 0.3 is 0 Å². The van der Waals surface area contributed by atoms with E-state index in [9.17, 15) is 4.79 Å². The van der Waals surface area contributed by atoms with E-state index in [1.807, 2.05) is 29.2 Å². The molecule has 1 saturated heterocycles. The number of benzene rings is 1. The summed E-state index contributed by atoms with van der Waals surface area (Å²) in [5.41, 5.74) is 1.62. The van der Waals surface area contributed by atoms with Crippen LogP contribution < -0.4 is 14.8 Å². The number of nitrogens with zero attached hydrogens (tertiary/aromatic N) is 1. The summed E-state index contributed by atoms with van der Waals surface area (Å²) in [6.07, 6.45) is 3.92. The Morgan fingerprint density at radius 3 is 2.96 bits per heavy atom. The number of nitrogens with one attached hydrogen (secondary N) is 1. The van der Waals surface area contributed by atoms with Crippen LogP contribution in [0.15, 0.2) is 23.8 Å². The summed E-state index contributed by atoms with van der Waals surface area (Å²) in [5, 5.41) is 3.34. The third kappa shape index (κ3) is 3.84. The van der Waals surface area contributed by atoms with Gasteiger partial charge in [-0.25, -0.2) is 0 Å². The Balaban J connectivity index is 0.00000208. The van der Waals surface area contributed by atoms with Crippen molar-refractivity contribution in [3.05, 3.63) is 29.3 Å². The molecule has 1 amide bonds. The van der Waals surface area contributed by atoms with Gasteiger partial charge in [-0.15, -0.1) is 12.4 Å². The van der Waals surface area contributed by atoms with E-state index in [0.717, 1.165) is 49.5 Å². The lowest BCUT2D eigenvalue weighted by molar-refractivity contribution is -0.129. The highest BCUT2D eigenvalue weighted by Gasteiger charge is 2.29. The molecule has 1 N–H and O–H groups in total. The summed E-state index contributed by atoms with van der Waals surface area (Å²) in [6.45, 7) is 5.08. The van der Waals surface area contributed by atoms with E-state index in [-0.39, 0.29) is 24.4 Å². The largest absolute Gasteiger partial charge is 0.497 e. The molecule has 0 bridgehead atoms. The van der Waals surface area contributed by atoms with Gasteiger partial charge in [0.2, 0.25) is 0 Å². The van der Waals surface area contributed by atoms with E-state index in [1.165, 1.54) is 0 Å². The molecule has 5 nitrogen and oxygen atoms in total. The highest BCUT2D eigenvalue weighted by Crippen LogP contribution is 2.30. The summed E-state index contributed by atoms with van der Waals surface area (Å²) in [7, 11) is 1.64. The molecule has 2 heterocycles. The second-order valence-corrected chi connectivity index (χ2v) is 6.01. The Kier molecular flexibility index (Phi) is 6.52. The molecule has 1 unspecified atom stereocenters. The molecule has 3 rings (SSSR count). The minimum atomic E-state index is 0. The third-order valence-electron chi connectivity index (χ3n) is 4.41. The van der Waals surface area contributed by atoms with Gasteiger partial charge in [0.1, 0.15) is 18.1 Å². The monoisotopic (exact) mass is 352 g/mol. The third-order valence-corrected chi connectivity index (χ3v) is 4.41. The lowest BCUT2D eigenvalue weighted by Gasteiger charge is -2.30. The minimum Gasteiger partial charge on any atom is -0.497 e. The minimum absolute atomic E-state index is 0. The number of fused-ring (bicyclic) bond motifs is 1. The zero-order chi connectivity index (χ0) is 16.2. The molecule has 1 aromatic rings. The van der Waals surface area contributed by atoms with Crippen LogP contribution in [0.4, 0.5) is 0 Å². The molecule has 24 heavy (non-hydrogen) atoms. The number of hydrogen-bond donors (Lipinski definition) is 1. The predicted molar refractivity (Wildman–Crippen MR) is 97.0 cm³/mol. The topological polar surface area (TPSA) is 50.8 Å². The lowest BCUT2D eigenvalue weighted by Crippen LogP contribution is -2.43. The molecule has 1 aromatic carbocycles. The van der Waals surface area contributed by atoms with Gasteiger partial charge < -0.3 is 19.7 Å². The molecule has 1 fully saturated rings. The van der Waals surface area contributed by atoms with Gasteiger partial charge in [-0.1, -0.05) is 6.92 Å². The first kappa shape index (κ1) is 18.6. The maximum Gasteiger partial charge on any atom is 0.253 e. The quantitative estimate of drug-likeness (QED) is 0.884. The normalized spacial score (nSPS) is 18.8. The van der Waals surface area contributed by atoms with E-state index in [2.05, 4.69) is 12.2 Å². The number of carbonyl (C=O) groups excluding carboxylic acids is 1. The van der Waals surface area contributed by atoms with Crippen LogP contribution in [0.2, 0.25) is 0 Å². The molecule has 0 aliphatic carbocycles. The zero-order valence-electron chi connectivity index (χ0n) is 14.2. The number of hydrogen-bond acceptors (Lipinski definition) is 4. The molecule has 6 heteroatoms. The summed E-state index contributed by atoms with van der Waals surface area (Å²) in [5.74, 6) is 1.66. The molecule has 0 radical (unpaired) electrons. The van der Waals surface area contributed by atoms with Gasteiger partial charge in [0.05, 0.1) is 12.7 Å². The number of amides is 1. The van der Waals surface area contributed by atoms with Crippen LogP contribution in [-0.2, 0) is 4.79 Å². The Hall–Kier alpha value is -1.72. The van der Waals surface area contributed by atoms with Crippen LogP contribution in [0.25, 0.3) is 6.08 Å². The van der Waals surface area contributed by atoms with Crippen molar-refractivity contribution in [1.82, 2.24) is 10.2 Å². The molecule has 2 aliphatic heterocycles. The molecular weight excluding hydrogens is 328 g/mol. The van der Waals surface area contributed by atoms with E-state index in [0.29, 0.717) is 12.2 Å². The lowest BCUT2D eigenvalue weighted by atomic mass is 10.0. The van der Waals surface area contributed by atoms with Crippen LogP contribution in [0.5, 0.6) is 11.5 Å². The first-order valence-corrected chi connectivity index (χ1v) is 8.26. The number of methoxy groups -OCH3 is 1. The maximum absolute atomic E-state index is 13.0. The number of halogens is 1. The first-order valence-electron chi connectivity index (χ1n) is 8.26. The summed E-state index contributed by atoms with van der Waals surface area (Å²) in [4.78, 5) is 15.0. The van der Waals surface area contributed by atoms with Crippen molar-refractivity contribution < 1.29 is 14.3 Å². The van der Waals surface area contributed by atoms with Crippen molar-refractivity contribution in [2.24, 2.45) is 0 Å². The van der Waals surface area contributed by atoms with Crippen molar-refractivity contribution >= 4 is 24.4 Å². The maximum atomic E-state index is 13.0. The van der Waals surface area contributed by atoms with Crippen molar-refractivity contribution in [1.29, 1.82) is 0 Å². The van der Waals surface area contributed by atoms with Crippen LogP contribution in [0.1, 0.15) is 25.3 Å². The van der Waals surface area contributed by atoms with Gasteiger partial charge in [-0.3, -0.25) is 4.79 Å². The fraction of sp³-hybridized carbons (Fsp3) is 0.500. The second-order valence-electron chi connectivity index (χ2n) is 6.01. The van der Waals surface area contributed by atoms with Crippen LogP contribution >= 0.6 is 12.4 Å². The van der Waals surface area contributed by atoms with Crippen molar-refractivity contribution in [3.63, 3.8) is 0 Å². The molecule has 0 spiro atoms. The molecule has 1 atom stereocenters. The van der Waals surface area contributed by atoms with Gasteiger partial charge in [-0.05, 0) is 43.7 Å². The SMILES string of the molecule is CCCN(C(=O)C1=Cc2cc(OC)ccc2OC1)C1CCNC1.Cl. The van der Waals surface area contributed by atoms with Crippen LogP contribution in [0.3, 0.4) is 0 Å². The van der Waals surface area contributed by atoms with Crippen LogP contribution in [0, 0.1) is 0 Å². The molecule has 0 aromatic heterocycles. The molecule has 132 valence electrons. The fourth-order valence-corrected chi connectivity index (χ4v) is 3.19. The standard InChI is InChI=1S/C18H24N2O3.ClH/c1-3-8-20(15-6-7-19-11-15)18(21)14-9-13-10-16(22-2)4-5-17(13)23-12-14;/h4-5,9-10,15,19H,3,6-8,11-12H2,1-2H3;1H. The van der Waals surface area contributed by atoms with Crippen LogP contribution in [-0.4, -0.2) is 50.2 Å². The zero-order valence-corrected chi connectivity index (χ0v) is 15.0. The Morgan fingerprint density at radius 2 is 2.29 bits per heavy atom. The Morgan fingerprint density at radius 1 is 1.46 bits per heavy atom. The first-order chi connectivity index (χ1) is 11.2. The fourth-order valence-electron chi connectivity index (χ4n) is 3.19. The summed E-state index contributed by atoms with van der Waals surface area (Å²) in [6, 6.07) is 5.95. The van der Waals surface area contributed by atoms with E-state index < -0.39 is 0 Å². The second kappa shape index (κ2) is 8.40. The highest BCUT2D eigenvalue weighted by molar-refractivity contribution is 5.99. The summed E-state index contributed by atoms with van der Waals surface area (Å²) >= 11 is 0. The van der Waals surface area contributed by atoms with Gasteiger partial charge in [0, 0.05) is 24.7 Å². The Bertz CT molecular complexity index is 612. The van der Waals surface area contributed by atoms with E-state index >= 15 is 0 Å². The van der Waals surface area contributed by atoms with Crippen molar-refractivity contribution in [2.75, 3.05) is 33.4 Å². The smallest absolute Gasteiger partial charge is 0.253 e. The molecular formula is C18H25ClN2O3. The number of rotatable bonds is 5. The average molecular weight is 353 g/mol. The van der Waals surface area contributed by atoms with Crippen molar-refractivity contribution in [3.8, 4) is 11.5 Å². The molecule has 2 aliphatic rings. The van der Waals surface area contributed by atoms with Gasteiger partial charge in [0.15, 0.2) is 0 Å². The van der Waals surface area contributed by atoms with Gasteiger partial charge in [-0.2, -0.15) is 0 Å². The van der Waals surface area contributed by atoms with E-state index in [4.69, 9.17) is 9.47 Å². The number of ether oxygens (including phenoxy) is 2. The predicted octanol–water partition coefficient (Wildman–Crippen LogP) is 2.49. The molecule has 0 saturated carbocycles. The number of carbonyl (C=O) groups is 1. The highest BCUT2D eigenvalue weighted by atomic mass is 35.5. The average Bonchev–Trinajstić information content (AvgIpc) is 3.12.